The highest BCUT2D eigenvalue weighted by Crippen LogP contribution is 2.39. The van der Waals surface area contributed by atoms with Crippen LogP contribution in [0.5, 0.6) is 0 Å². The van der Waals surface area contributed by atoms with Gasteiger partial charge in [0, 0.05) is 21.2 Å². The third-order valence-electron chi connectivity index (χ3n) is 4.68. The van der Waals surface area contributed by atoms with E-state index in [9.17, 15) is 0 Å². The van der Waals surface area contributed by atoms with Crippen LogP contribution in [0.4, 0.5) is 11.4 Å². The summed E-state index contributed by atoms with van der Waals surface area (Å²) < 4.78 is 2.64. The van der Waals surface area contributed by atoms with E-state index in [4.69, 9.17) is 0 Å². The number of hydrogen-bond acceptors (Lipinski definition) is 2. The van der Waals surface area contributed by atoms with Gasteiger partial charge in [-0.2, -0.15) is 0 Å². The zero-order valence-corrected chi connectivity index (χ0v) is 15.0. The minimum Gasteiger partial charge on any atom is -0.354 e. The molecule has 0 saturated carbocycles. The highest BCUT2D eigenvalue weighted by molar-refractivity contribution is 7.26. The molecule has 0 aliphatic heterocycles. The lowest BCUT2D eigenvalue weighted by Gasteiger charge is -2.09. The molecule has 1 N–H and O–H groups in total. The van der Waals surface area contributed by atoms with E-state index < -0.39 is 0 Å². The maximum atomic E-state index is 3.60. The van der Waals surface area contributed by atoms with Crippen LogP contribution in [-0.4, -0.2) is 0 Å². The summed E-state index contributed by atoms with van der Waals surface area (Å²) >= 11 is 1.85. The maximum absolute atomic E-state index is 3.60. The average molecular weight is 351 g/mol. The van der Waals surface area contributed by atoms with E-state index in [1.165, 1.54) is 31.3 Å². The normalized spacial score (nSPS) is 11.1. The van der Waals surface area contributed by atoms with Crippen LogP contribution in [0.25, 0.3) is 31.3 Å². The van der Waals surface area contributed by atoms with Gasteiger partial charge in [0.25, 0.3) is 0 Å². The first-order chi connectivity index (χ1) is 12.9. The molecule has 5 rings (SSSR count). The van der Waals surface area contributed by atoms with E-state index in [0.29, 0.717) is 0 Å². The van der Waals surface area contributed by atoms with Crippen molar-refractivity contribution in [3.8, 4) is 11.1 Å². The third-order valence-corrected chi connectivity index (χ3v) is 5.90. The van der Waals surface area contributed by atoms with Crippen LogP contribution >= 0.6 is 11.3 Å². The van der Waals surface area contributed by atoms with Crippen LogP contribution < -0.4 is 5.32 Å². The van der Waals surface area contributed by atoms with Gasteiger partial charge in [-0.05, 0) is 35.4 Å². The van der Waals surface area contributed by atoms with E-state index in [1.54, 1.807) is 0 Å². The number of rotatable bonds is 3. The quantitative estimate of drug-likeness (QED) is 0.355. The molecule has 0 atom stereocenters. The summed E-state index contributed by atoms with van der Waals surface area (Å²) in [5.74, 6) is 0. The van der Waals surface area contributed by atoms with Crippen molar-refractivity contribution in [2.24, 2.45) is 0 Å². The molecule has 4 aromatic carbocycles. The van der Waals surface area contributed by atoms with Crippen LogP contribution in [0.2, 0.25) is 0 Å². The first kappa shape index (κ1) is 15.2. The van der Waals surface area contributed by atoms with Crippen molar-refractivity contribution in [3.05, 3.63) is 97.1 Å². The summed E-state index contributed by atoms with van der Waals surface area (Å²) in [5, 5.41) is 6.24. The first-order valence-corrected chi connectivity index (χ1v) is 9.53. The molecule has 0 fully saturated rings. The number of fused-ring (bicyclic) bond motifs is 3. The largest absolute Gasteiger partial charge is 0.354 e. The molecule has 1 nitrogen and oxygen atoms in total. The molecule has 2 heteroatoms. The van der Waals surface area contributed by atoms with Crippen LogP contribution in [0, 0.1) is 0 Å². The summed E-state index contributed by atoms with van der Waals surface area (Å²) in [7, 11) is 0. The van der Waals surface area contributed by atoms with Gasteiger partial charge in [-0.3, -0.25) is 0 Å². The molecule has 0 bridgehead atoms. The lowest BCUT2D eigenvalue weighted by molar-refractivity contribution is 1.57. The van der Waals surface area contributed by atoms with Gasteiger partial charge in [0.1, 0.15) is 0 Å². The zero-order chi connectivity index (χ0) is 17.3. The predicted octanol–water partition coefficient (Wildman–Crippen LogP) is 7.47. The van der Waals surface area contributed by atoms with Gasteiger partial charge in [-0.15, -0.1) is 11.3 Å². The molecule has 0 aliphatic rings. The monoisotopic (exact) mass is 351 g/mol. The summed E-state index contributed by atoms with van der Waals surface area (Å²) in [4.78, 5) is 0. The third kappa shape index (κ3) is 2.65. The van der Waals surface area contributed by atoms with Crippen molar-refractivity contribution >= 4 is 42.9 Å². The Hall–Kier alpha value is -3.10. The van der Waals surface area contributed by atoms with E-state index in [-0.39, 0.29) is 0 Å². The molecule has 0 aliphatic carbocycles. The summed E-state index contributed by atoms with van der Waals surface area (Å²) in [6.07, 6.45) is 0. The minimum atomic E-state index is 1.11. The second-order valence-corrected chi connectivity index (χ2v) is 7.40. The Kier molecular flexibility index (Phi) is 3.69. The molecule has 1 aromatic heterocycles. The second kappa shape index (κ2) is 6.32. The summed E-state index contributed by atoms with van der Waals surface area (Å²) in [6.45, 7) is 0. The van der Waals surface area contributed by atoms with Gasteiger partial charge in [0.15, 0.2) is 0 Å². The Morgan fingerprint density at radius 1 is 0.538 bits per heavy atom. The van der Waals surface area contributed by atoms with Crippen molar-refractivity contribution in [3.63, 3.8) is 0 Å². The summed E-state index contributed by atoms with van der Waals surface area (Å²) in [5.41, 5.74) is 4.74. The van der Waals surface area contributed by atoms with Gasteiger partial charge in [0.2, 0.25) is 0 Å². The summed E-state index contributed by atoms with van der Waals surface area (Å²) in [6, 6.07) is 34.2. The SMILES string of the molecule is c1ccc(-c2ccc(Nc3cccc4c3sc3ccccc34)cc2)cc1. The van der Waals surface area contributed by atoms with Crippen molar-refractivity contribution in [1.82, 2.24) is 0 Å². The lowest BCUT2D eigenvalue weighted by Crippen LogP contribution is -1.90. The average Bonchev–Trinajstić information content (AvgIpc) is 3.09. The second-order valence-electron chi connectivity index (χ2n) is 6.35. The molecular weight excluding hydrogens is 334 g/mol. The Labute approximate surface area is 156 Å². The molecule has 0 amide bonds. The Balaban J connectivity index is 1.51. The van der Waals surface area contributed by atoms with E-state index in [1.807, 2.05) is 17.4 Å². The topological polar surface area (TPSA) is 12.0 Å². The lowest BCUT2D eigenvalue weighted by atomic mass is 10.1. The van der Waals surface area contributed by atoms with E-state index in [0.717, 1.165) is 11.4 Å². The van der Waals surface area contributed by atoms with Crippen LogP contribution in [0.15, 0.2) is 97.1 Å². The fourth-order valence-corrected chi connectivity index (χ4v) is 4.55. The molecule has 124 valence electrons. The molecule has 0 radical (unpaired) electrons. The van der Waals surface area contributed by atoms with E-state index in [2.05, 4.69) is 96.3 Å². The first-order valence-electron chi connectivity index (χ1n) is 8.71. The van der Waals surface area contributed by atoms with Crippen molar-refractivity contribution in [2.45, 2.75) is 0 Å². The van der Waals surface area contributed by atoms with Gasteiger partial charge < -0.3 is 5.32 Å². The minimum absolute atomic E-state index is 1.11. The van der Waals surface area contributed by atoms with Gasteiger partial charge in [-0.1, -0.05) is 72.8 Å². The highest BCUT2D eigenvalue weighted by Gasteiger charge is 2.08. The number of thiophene rings is 1. The number of benzene rings is 4. The van der Waals surface area contributed by atoms with Crippen molar-refractivity contribution in [2.75, 3.05) is 5.32 Å². The van der Waals surface area contributed by atoms with Gasteiger partial charge in [0.05, 0.1) is 10.4 Å². The highest BCUT2D eigenvalue weighted by atomic mass is 32.1. The molecule has 0 spiro atoms. The number of hydrogen-bond donors (Lipinski definition) is 1. The van der Waals surface area contributed by atoms with Crippen LogP contribution in [0.1, 0.15) is 0 Å². The zero-order valence-electron chi connectivity index (χ0n) is 14.1. The standard InChI is InChI=1S/C24H17NS/c1-2-7-17(8-3-1)18-13-15-19(16-14-18)25-22-11-6-10-21-20-9-4-5-12-23(20)26-24(21)22/h1-16,25H. The maximum Gasteiger partial charge on any atom is 0.0590 e. The van der Waals surface area contributed by atoms with Gasteiger partial charge in [-0.25, -0.2) is 0 Å². The van der Waals surface area contributed by atoms with Crippen molar-refractivity contribution in [1.29, 1.82) is 0 Å². The number of anilines is 2. The smallest absolute Gasteiger partial charge is 0.0590 e. The van der Waals surface area contributed by atoms with Gasteiger partial charge >= 0.3 is 0 Å². The Morgan fingerprint density at radius 3 is 2.08 bits per heavy atom. The fourth-order valence-electron chi connectivity index (χ4n) is 3.38. The molecular formula is C24H17NS. The molecule has 26 heavy (non-hydrogen) atoms. The Morgan fingerprint density at radius 2 is 1.23 bits per heavy atom. The predicted molar refractivity (Wildman–Crippen MR) is 114 cm³/mol. The van der Waals surface area contributed by atoms with Crippen LogP contribution in [0.3, 0.4) is 0 Å². The Bertz CT molecular complexity index is 1190. The van der Waals surface area contributed by atoms with E-state index >= 15 is 0 Å². The molecule has 1 heterocycles. The van der Waals surface area contributed by atoms with Crippen molar-refractivity contribution < 1.29 is 0 Å². The molecule has 5 aromatic rings. The molecule has 0 saturated heterocycles. The number of nitrogens with one attached hydrogen (secondary N) is 1. The fraction of sp³-hybridized carbons (Fsp3) is 0. The molecule has 0 unspecified atom stereocenters. The van der Waals surface area contributed by atoms with Crippen LogP contribution in [-0.2, 0) is 0 Å².